The molecular formula is C28H27O4P. The summed E-state index contributed by atoms with van der Waals surface area (Å²) < 4.78 is 31.7. The van der Waals surface area contributed by atoms with Gasteiger partial charge >= 0.3 is 7.82 Å². The lowest BCUT2D eigenvalue weighted by atomic mass is 10.1. The van der Waals surface area contributed by atoms with Gasteiger partial charge in [0.25, 0.3) is 0 Å². The highest BCUT2D eigenvalue weighted by Crippen LogP contribution is 2.51. The summed E-state index contributed by atoms with van der Waals surface area (Å²) in [5, 5.41) is 0. The molecule has 0 saturated heterocycles. The fourth-order valence-corrected chi connectivity index (χ4v) is 4.74. The standard InChI is InChI=1S/C28H27O4P/c1-20-10-12-22(3)27(18-20)31-33(29,32-28-19-21(2)11-13-23(28)4)30-26-16-14-25(15-17-26)24-8-6-5-7-9-24/h5-19H,1-4H3. The van der Waals surface area contributed by atoms with Gasteiger partial charge in [-0.05, 0) is 85.3 Å². The number of phosphoric ester groups is 1. The van der Waals surface area contributed by atoms with E-state index in [0.29, 0.717) is 17.2 Å². The number of benzene rings is 4. The van der Waals surface area contributed by atoms with E-state index in [1.165, 1.54) is 0 Å². The Labute approximate surface area is 195 Å². The maximum absolute atomic E-state index is 13.9. The Morgan fingerprint density at radius 3 is 1.55 bits per heavy atom. The van der Waals surface area contributed by atoms with Crippen molar-refractivity contribution in [3.63, 3.8) is 0 Å². The molecule has 4 rings (SSSR count). The number of phosphoric acid groups is 1. The summed E-state index contributed by atoms with van der Waals surface area (Å²) in [7, 11) is -4.07. The van der Waals surface area contributed by atoms with E-state index in [-0.39, 0.29) is 0 Å². The van der Waals surface area contributed by atoms with Gasteiger partial charge in [-0.15, -0.1) is 0 Å². The predicted molar refractivity (Wildman–Crippen MR) is 133 cm³/mol. The molecule has 0 amide bonds. The first-order valence-electron chi connectivity index (χ1n) is 10.8. The Balaban J connectivity index is 1.66. The van der Waals surface area contributed by atoms with E-state index in [0.717, 1.165) is 33.4 Å². The van der Waals surface area contributed by atoms with Gasteiger partial charge in [0.2, 0.25) is 0 Å². The van der Waals surface area contributed by atoms with Gasteiger partial charge in [0.15, 0.2) is 0 Å². The van der Waals surface area contributed by atoms with Crippen molar-refractivity contribution in [1.82, 2.24) is 0 Å². The fraction of sp³-hybridized carbons (Fsp3) is 0.143. The summed E-state index contributed by atoms with van der Waals surface area (Å²) in [5.41, 5.74) is 5.78. The molecule has 33 heavy (non-hydrogen) atoms. The van der Waals surface area contributed by atoms with Crippen LogP contribution in [0.1, 0.15) is 22.3 Å². The van der Waals surface area contributed by atoms with E-state index in [9.17, 15) is 4.57 Å². The summed E-state index contributed by atoms with van der Waals surface area (Å²) >= 11 is 0. The van der Waals surface area contributed by atoms with Crippen molar-refractivity contribution in [2.45, 2.75) is 27.7 Å². The minimum Gasteiger partial charge on any atom is -0.386 e. The topological polar surface area (TPSA) is 44.8 Å². The highest BCUT2D eigenvalue weighted by atomic mass is 31.2. The maximum atomic E-state index is 13.9. The third-order valence-corrected chi connectivity index (χ3v) is 6.56. The van der Waals surface area contributed by atoms with Gasteiger partial charge in [0.1, 0.15) is 17.2 Å². The second-order valence-corrected chi connectivity index (χ2v) is 9.59. The van der Waals surface area contributed by atoms with Gasteiger partial charge in [-0.1, -0.05) is 66.7 Å². The number of hydrogen-bond donors (Lipinski definition) is 0. The first-order valence-corrected chi connectivity index (χ1v) is 12.3. The van der Waals surface area contributed by atoms with E-state index in [4.69, 9.17) is 13.6 Å². The maximum Gasteiger partial charge on any atom is 0.647 e. The van der Waals surface area contributed by atoms with Crippen LogP contribution in [-0.4, -0.2) is 0 Å². The van der Waals surface area contributed by atoms with Crippen LogP contribution >= 0.6 is 7.82 Å². The molecule has 4 nitrogen and oxygen atoms in total. The SMILES string of the molecule is Cc1ccc(C)c(OP(=O)(Oc2ccc(-c3ccccc3)cc2)Oc2cc(C)ccc2C)c1. The molecule has 4 aromatic carbocycles. The lowest BCUT2D eigenvalue weighted by molar-refractivity contribution is 0.297. The molecule has 0 saturated carbocycles. The highest BCUT2D eigenvalue weighted by Gasteiger charge is 2.34. The van der Waals surface area contributed by atoms with Gasteiger partial charge < -0.3 is 13.6 Å². The molecule has 0 aliphatic carbocycles. The van der Waals surface area contributed by atoms with Crippen LogP contribution in [0.5, 0.6) is 17.2 Å². The molecule has 5 heteroatoms. The molecule has 0 aromatic heterocycles. The zero-order valence-corrected chi connectivity index (χ0v) is 20.1. The van der Waals surface area contributed by atoms with E-state index < -0.39 is 7.82 Å². The first kappa shape index (κ1) is 22.7. The van der Waals surface area contributed by atoms with Crippen LogP contribution in [-0.2, 0) is 4.57 Å². The van der Waals surface area contributed by atoms with Crippen molar-refractivity contribution in [3.05, 3.63) is 113 Å². The Hall–Kier alpha value is -3.49. The number of hydrogen-bond acceptors (Lipinski definition) is 4. The Morgan fingerprint density at radius 1 is 0.545 bits per heavy atom. The van der Waals surface area contributed by atoms with E-state index in [1.807, 2.05) is 107 Å². The molecule has 168 valence electrons. The molecule has 0 N–H and O–H groups in total. The molecule has 0 radical (unpaired) electrons. The lowest BCUT2D eigenvalue weighted by Gasteiger charge is -2.21. The quantitative estimate of drug-likeness (QED) is 0.262. The van der Waals surface area contributed by atoms with Crippen LogP contribution in [0.25, 0.3) is 11.1 Å². The van der Waals surface area contributed by atoms with Crippen molar-refractivity contribution in [2.75, 3.05) is 0 Å². The highest BCUT2D eigenvalue weighted by molar-refractivity contribution is 7.49. The predicted octanol–water partition coefficient (Wildman–Crippen LogP) is 8.23. The average Bonchev–Trinajstić information content (AvgIpc) is 2.80. The third kappa shape index (κ3) is 5.66. The number of rotatable bonds is 7. The summed E-state index contributed by atoms with van der Waals surface area (Å²) in [5.74, 6) is 1.32. The monoisotopic (exact) mass is 458 g/mol. The zero-order chi connectivity index (χ0) is 23.4. The third-order valence-electron chi connectivity index (χ3n) is 5.29. The van der Waals surface area contributed by atoms with Crippen LogP contribution < -0.4 is 13.6 Å². The van der Waals surface area contributed by atoms with E-state index in [1.54, 1.807) is 12.1 Å². The van der Waals surface area contributed by atoms with Crippen molar-refractivity contribution in [1.29, 1.82) is 0 Å². The second kappa shape index (κ2) is 9.56. The zero-order valence-electron chi connectivity index (χ0n) is 19.2. The molecule has 0 fully saturated rings. The summed E-state index contributed by atoms with van der Waals surface area (Å²) in [6.45, 7) is 7.69. The van der Waals surface area contributed by atoms with Crippen molar-refractivity contribution >= 4 is 7.82 Å². The Morgan fingerprint density at radius 2 is 1.03 bits per heavy atom. The van der Waals surface area contributed by atoms with Crippen LogP contribution in [0.3, 0.4) is 0 Å². The smallest absolute Gasteiger partial charge is 0.386 e. The van der Waals surface area contributed by atoms with Crippen molar-refractivity contribution < 1.29 is 18.1 Å². The first-order chi connectivity index (χ1) is 15.8. The van der Waals surface area contributed by atoms with Crippen molar-refractivity contribution in [3.8, 4) is 28.4 Å². The molecule has 0 aliphatic rings. The molecule has 0 atom stereocenters. The molecule has 0 heterocycles. The lowest BCUT2D eigenvalue weighted by Crippen LogP contribution is -2.09. The normalized spacial score (nSPS) is 11.2. The molecule has 0 spiro atoms. The van der Waals surface area contributed by atoms with E-state index in [2.05, 4.69) is 0 Å². The largest absolute Gasteiger partial charge is 0.647 e. The molecule has 4 aromatic rings. The average molecular weight is 458 g/mol. The summed E-state index contributed by atoms with van der Waals surface area (Å²) in [4.78, 5) is 0. The van der Waals surface area contributed by atoms with E-state index >= 15 is 0 Å². The van der Waals surface area contributed by atoms with Gasteiger partial charge in [0, 0.05) is 0 Å². The van der Waals surface area contributed by atoms with Gasteiger partial charge in [0.05, 0.1) is 0 Å². The minimum atomic E-state index is -4.07. The fourth-order valence-electron chi connectivity index (χ4n) is 3.38. The van der Waals surface area contributed by atoms with Crippen LogP contribution in [0.4, 0.5) is 0 Å². The molecule has 0 bridgehead atoms. The van der Waals surface area contributed by atoms with Gasteiger partial charge in [-0.25, -0.2) is 0 Å². The van der Waals surface area contributed by atoms with Crippen LogP contribution in [0.15, 0.2) is 91.0 Å². The molecule has 0 unspecified atom stereocenters. The van der Waals surface area contributed by atoms with Crippen LogP contribution in [0, 0.1) is 27.7 Å². The summed E-state index contributed by atoms with van der Waals surface area (Å²) in [6, 6.07) is 28.9. The van der Waals surface area contributed by atoms with Gasteiger partial charge in [-0.3, -0.25) is 0 Å². The van der Waals surface area contributed by atoms with Crippen LogP contribution in [0.2, 0.25) is 0 Å². The minimum absolute atomic E-state index is 0.397. The molecular weight excluding hydrogens is 431 g/mol. The number of aryl methyl sites for hydroxylation is 4. The summed E-state index contributed by atoms with van der Waals surface area (Å²) in [6.07, 6.45) is 0. The van der Waals surface area contributed by atoms with Crippen molar-refractivity contribution in [2.24, 2.45) is 0 Å². The Kier molecular flexibility index (Phi) is 6.57. The Bertz CT molecular complexity index is 1240. The second-order valence-electron chi connectivity index (χ2n) is 8.15. The molecule has 0 aliphatic heterocycles. The van der Waals surface area contributed by atoms with Gasteiger partial charge in [-0.2, -0.15) is 4.57 Å².